The smallest absolute Gasteiger partial charge is 0.294 e. The number of nitro groups is 1. The highest BCUT2D eigenvalue weighted by atomic mass is 35.5. The molecule has 172 valence electrons. The molecule has 1 aromatic heterocycles. The predicted molar refractivity (Wildman–Crippen MR) is 132 cm³/mol. The van der Waals surface area contributed by atoms with Gasteiger partial charge >= 0.3 is 0 Å². The molecule has 9 heteroatoms. The molecule has 4 aromatic rings. The van der Waals surface area contributed by atoms with Gasteiger partial charge in [-0.25, -0.2) is 4.98 Å². The number of aryl methyl sites for hydroxylation is 1. The van der Waals surface area contributed by atoms with Crippen molar-refractivity contribution in [2.75, 3.05) is 31.1 Å². The third kappa shape index (κ3) is 3.97. The molecule has 34 heavy (non-hydrogen) atoms. The Morgan fingerprint density at radius 1 is 1.00 bits per heavy atom. The summed E-state index contributed by atoms with van der Waals surface area (Å²) < 4.78 is 2.07. The molecule has 2 heterocycles. The van der Waals surface area contributed by atoms with Gasteiger partial charge in [0.2, 0.25) is 0 Å². The molecule has 0 saturated carbocycles. The van der Waals surface area contributed by atoms with Crippen LogP contribution in [0.2, 0.25) is 5.02 Å². The Kier molecular flexibility index (Phi) is 5.67. The van der Waals surface area contributed by atoms with E-state index in [0.717, 1.165) is 22.5 Å². The molecule has 1 saturated heterocycles. The van der Waals surface area contributed by atoms with Crippen LogP contribution in [0.25, 0.3) is 16.7 Å². The molecule has 1 amide bonds. The molecule has 5 rings (SSSR count). The summed E-state index contributed by atoms with van der Waals surface area (Å²) in [5.74, 6) is 0.781. The van der Waals surface area contributed by atoms with Gasteiger partial charge in [-0.1, -0.05) is 29.8 Å². The van der Waals surface area contributed by atoms with Crippen molar-refractivity contribution < 1.29 is 9.72 Å². The van der Waals surface area contributed by atoms with Crippen LogP contribution in [0.4, 0.5) is 11.4 Å². The van der Waals surface area contributed by atoms with Crippen LogP contribution >= 0.6 is 11.6 Å². The Hall–Kier alpha value is -3.91. The van der Waals surface area contributed by atoms with Crippen molar-refractivity contribution in [2.24, 2.45) is 0 Å². The number of nitrogens with zero attached hydrogens (tertiary/aromatic N) is 5. The van der Waals surface area contributed by atoms with Gasteiger partial charge in [0.05, 0.1) is 16.0 Å². The number of benzene rings is 3. The predicted octanol–water partition coefficient (Wildman–Crippen LogP) is 4.86. The number of carbonyl (C=O) groups excluding carboxylic acids is 1. The minimum atomic E-state index is -0.426. The molecule has 0 N–H and O–H groups in total. The second kappa shape index (κ2) is 8.79. The number of hydrogen-bond acceptors (Lipinski definition) is 5. The Morgan fingerprint density at radius 2 is 1.74 bits per heavy atom. The van der Waals surface area contributed by atoms with Gasteiger partial charge in [-0.05, 0) is 49.4 Å². The molecule has 0 radical (unpaired) electrons. The lowest BCUT2D eigenvalue weighted by Crippen LogP contribution is -2.49. The lowest BCUT2D eigenvalue weighted by molar-refractivity contribution is -0.384. The quantitative estimate of drug-likeness (QED) is 0.311. The van der Waals surface area contributed by atoms with E-state index >= 15 is 0 Å². The number of amides is 1. The molecule has 1 aliphatic heterocycles. The van der Waals surface area contributed by atoms with Crippen molar-refractivity contribution in [2.45, 2.75) is 6.92 Å². The maximum atomic E-state index is 13.2. The fourth-order valence-corrected chi connectivity index (χ4v) is 4.65. The van der Waals surface area contributed by atoms with Crippen molar-refractivity contribution in [3.05, 3.63) is 93.3 Å². The first kappa shape index (κ1) is 21.9. The summed E-state index contributed by atoms with van der Waals surface area (Å²) >= 11 is 5.94. The average molecular weight is 476 g/mol. The summed E-state index contributed by atoms with van der Waals surface area (Å²) in [5.41, 5.74) is 3.81. The molecular formula is C25H22ClN5O3. The van der Waals surface area contributed by atoms with Crippen molar-refractivity contribution in [1.82, 2.24) is 14.5 Å². The number of fused-ring (bicyclic) bond motifs is 1. The van der Waals surface area contributed by atoms with E-state index in [1.807, 2.05) is 60.4 Å². The molecule has 0 bridgehead atoms. The van der Waals surface area contributed by atoms with Crippen LogP contribution in [0.3, 0.4) is 0 Å². The summed E-state index contributed by atoms with van der Waals surface area (Å²) in [6.45, 7) is 3.88. The molecule has 0 spiro atoms. The number of nitro benzene ring substituents is 1. The van der Waals surface area contributed by atoms with E-state index in [9.17, 15) is 14.9 Å². The van der Waals surface area contributed by atoms with Gasteiger partial charge < -0.3 is 9.80 Å². The van der Waals surface area contributed by atoms with Crippen LogP contribution < -0.4 is 4.90 Å². The summed E-state index contributed by atoms with van der Waals surface area (Å²) in [4.78, 5) is 32.6. The SMILES string of the molecule is Cc1nc2cc(C(=O)N3CCN(c4ccc(Cl)cc4[N+](=O)[O-])CC3)ccc2n1-c1ccccc1. The van der Waals surface area contributed by atoms with Gasteiger partial charge in [-0.3, -0.25) is 19.5 Å². The maximum absolute atomic E-state index is 13.2. The van der Waals surface area contributed by atoms with Crippen LogP contribution in [0, 0.1) is 17.0 Å². The topological polar surface area (TPSA) is 84.5 Å². The molecule has 3 aromatic carbocycles. The zero-order valence-corrected chi connectivity index (χ0v) is 19.3. The normalized spacial score (nSPS) is 13.9. The minimum absolute atomic E-state index is 0.0258. The maximum Gasteiger partial charge on any atom is 0.294 e. The van der Waals surface area contributed by atoms with E-state index in [-0.39, 0.29) is 11.6 Å². The fraction of sp³-hybridized carbons (Fsp3) is 0.200. The Labute approximate surface area is 201 Å². The van der Waals surface area contributed by atoms with Crippen LogP contribution in [-0.2, 0) is 0 Å². The standard InChI is InChI=1S/C25H22ClN5O3/c1-17-27-21-15-18(7-9-22(21)30(17)20-5-3-2-4-6-20)25(32)29-13-11-28(12-14-29)23-10-8-19(26)16-24(23)31(33)34/h2-10,15-16H,11-14H2,1H3. The monoisotopic (exact) mass is 475 g/mol. The first-order valence-corrected chi connectivity index (χ1v) is 11.3. The largest absolute Gasteiger partial charge is 0.362 e. The Bertz CT molecular complexity index is 1390. The lowest BCUT2D eigenvalue weighted by atomic mass is 10.1. The zero-order valence-electron chi connectivity index (χ0n) is 18.5. The Morgan fingerprint density at radius 3 is 2.44 bits per heavy atom. The molecule has 0 atom stereocenters. The number of imidazole rings is 1. The van der Waals surface area contributed by atoms with E-state index in [1.54, 1.807) is 17.0 Å². The summed E-state index contributed by atoms with van der Waals surface area (Å²) in [7, 11) is 0. The van der Waals surface area contributed by atoms with Crippen LogP contribution in [0.1, 0.15) is 16.2 Å². The van der Waals surface area contributed by atoms with E-state index in [2.05, 4.69) is 9.55 Å². The average Bonchev–Trinajstić information content (AvgIpc) is 3.19. The number of hydrogen-bond donors (Lipinski definition) is 0. The fourth-order valence-electron chi connectivity index (χ4n) is 4.48. The van der Waals surface area contributed by atoms with Crippen LogP contribution in [-0.4, -0.2) is 51.5 Å². The van der Waals surface area contributed by atoms with Crippen molar-refractivity contribution >= 4 is 39.9 Å². The summed E-state index contributed by atoms with van der Waals surface area (Å²) in [6.07, 6.45) is 0. The third-order valence-corrected chi connectivity index (χ3v) is 6.36. The first-order chi connectivity index (χ1) is 16.4. The van der Waals surface area contributed by atoms with Gasteiger partial charge in [0.25, 0.3) is 11.6 Å². The molecular weight excluding hydrogens is 454 g/mol. The van der Waals surface area contributed by atoms with Gasteiger partial charge in [-0.15, -0.1) is 0 Å². The van der Waals surface area contributed by atoms with Gasteiger partial charge in [0, 0.05) is 48.5 Å². The van der Waals surface area contributed by atoms with Crippen LogP contribution in [0.15, 0.2) is 66.7 Å². The molecule has 0 aliphatic carbocycles. The number of halogens is 1. The first-order valence-electron chi connectivity index (χ1n) is 10.9. The number of rotatable bonds is 4. The molecule has 1 aliphatic rings. The number of anilines is 1. The zero-order chi connectivity index (χ0) is 23.8. The van der Waals surface area contributed by atoms with Gasteiger partial charge in [0.15, 0.2) is 0 Å². The van der Waals surface area contributed by atoms with Crippen LogP contribution in [0.5, 0.6) is 0 Å². The molecule has 8 nitrogen and oxygen atoms in total. The molecule has 1 fully saturated rings. The van der Waals surface area contributed by atoms with Crippen molar-refractivity contribution in [3.63, 3.8) is 0 Å². The Balaban J connectivity index is 1.34. The highest BCUT2D eigenvalue weighted by Crippen LogP contribution is 2.32. The van der Waals surface area contributed by atoms with Gasteiger partial charge in [0.1, 0.15) is 11.5 Å². The van der Waals surface area contributed by atoms with E-state index in [4.69, 9.17) is 11.6 Å². The lowest BCUT2D eigenvalue weighted by Gasteiger charge is -2.35. The van der Waals surface area contributed by atoms with Crippen molar-refractivity contribution in [3.8, 4) is 5.69 Å². The number of para-hydroxylation sites is 1. The van der Waals surface area contributed by atoms with E-state index in [0.29, 0.717) is 42.5 Å². The minimum Gasteiger partial charge on any atom is -0.362 e. The second-order valence-corrected chi connectivity index (χ2v) is 8.64. The highest BCUT2D eigenvalue weighted by Gasteiger charge is 2.27. The summed E-state index contributed by atoms with van der Waals surface area (Å²) in [6, 6.07) is 20.3. The third-order valence-electron chi connectivity index (χ3n) is 6.13. The van der Waals surface area contributed by atoms with Gasteiger partial charge in [-0.2, -0.15) is 0 Å². The van der Waals surface area contributed by atoms with Crippen molar-refractivity contribution in [1.29, 1.82) is 0 Å². The highest BCUT2D eigenvalue weighted by molar-refractivity contribution is 6.30. The van der Waals surface area contributed by atoms with E-state index in [1.165, 1.54) is 6.07 Å². The summed E-state index contributed by atoms with van der Waals surface area (Å²) in [5, 5.41) is 11.8. The number of piperazine rings is 1. The second-order valence-electron chi connectivity index (χ2n) is 8.20. The number of aromatic nitrogens is 2. The van der Waals surface area contributed by atoms with E-state index < -0.39 is 4.92 Å². The molecule has 0 unspecified atom stereocenters. The number of carbonyl (C=O) groups is 1.